The summed E-state index contributed by atoms with van der Waals surface area (Å²) in [4.78, 5) is 11.6. The average molecular weight is 239 g/mol. The number of carbonyl (C=O) groups excluding carboxylic acids is 1. The Kier molecular flexibility index (Phi) is 2.95. The Morgan fingerprint density at radius 2 is 2.41 bits per heavy atom. The Bertz CT molecular complexity index is 408. The van der Waals surface area contributed by atoms with E-state index >= 15 is 0 Å². The first-order chi connectivity index (χ1) is 7.94. The molecule has 1 aromatic rings. The van der Waals surface area contributed by atoms with Crippen LogP contribution in [0.5, 0.6) is 5.88 Å². The molecular formula is C11H17N3O3. The van der Waals surface area contributed by atoms with Gasteiger partial charge in [0, 0.05) is 6.07 Å². The molecule has 17 heavy (non-hydrogen) atoms. The number of fused-ring (bicyclic) bond motifs is 1. The van der Waals surface area contributed by atoms with Crippen molar-refractivity contribution < 1.29 is 14.3 Å². The second-order valence-corrected chi connectivity index (χ2v) is 5.01. The Balaban J connectivity index is 1.88. The van der Waals surface area contributed by atoms with Crippen LogP contribution in [-0.4, -0.2) is 34.1 Å². The fraction of sp³-hybridized carbons (Fsp3) is 0.636. The third-order valence-electron chi connectivity index (χ3n) is 2.22. The third-order valence-corrected chi connectivity index (χ3v) is 2.22. The zero-order valence-corrected chi connectivity index (χ0v) is 10.3. The molecule has 0 aromatic carbocycles. The summed E-state index contributed by atoms with van der Waals surface area (Å²) in [6.45, 7) is 6.52. The number of alkyl carbamates (subject to hydrolysis) is 1. The standard InChI is InChI=1S/C11H17N3O3/c1-11(2,3)17-10(15)13-8-6-14-9(16-7-8)4-5-12-14/h4-5,8H,6-7H2,1-3H3,(H,13,15). The molecule has 1 N–H and O–H groups in total. The fourth-order valence-corrected chi connectivity index (χ4v) is 1.59. The van der Waals surface area contributed by atoms with Crippen molar-refractivity contribution in [3.63, 3.8) is 0 Å². The van der Waals surface area contributed by atoms with E-state index in [1.165, 1.54) is 0 Å². The van der Waals surface area contributed by atoms with Crippen LogP contribution in [0, 0.1) is 0 Å². The highest BCUT2D eigenvalue weighted by Gasteiger charge is 2.24. The smallest absolute Gasteiger partial charge is 0.408 e. The van der Waals surface area contributed by atoms with E-state index in [-0.39, 0.29) is 6.04 Å². The lowest BCUT2D eigenvalue weighted by atomic mass is 10.2. The summed E-state index contributed by atoms with van der Waals surface area (Å²) in [5.41, 5.74) is -0.490. The molecule has 0 spiro atoms. The number of carbonyl (C=O) groups is 1. The van der Waals surface area contributed by atoms with Crippen molar-refractivity contribution in [1.82, 2.24) is 15.1 Å². The summed E-state index contributed by atoms with van der Waals surface area (Å²) in [6.07, 6.45) is 1.24. The van der Waals surface area contributed by atoms with Gasteiger partial charge in [0.2, 0.25) is 5.88 Å². The van der Waals surface area contributed by atoms with Crippen LogP contribution >= 0.6 is 0 Å². The predicted molar refractivity (Wildman–Crippen MR) is 60.9 cm³/mol. The SMILES string of the molecule is CC(C)(C)OC(=O)NC1COc2ccnn2C1. The van der Waals surface area contributed by atoms with Crippen molar-refractivity contribution >= 4 is 6.09 Å². The van der Waals surface area contributed by atoms with Gasteiger partial charge >= 0.3 is 6.09 Å². The van der Waals surface area contributed by atoms with Crippen LogP contribution in [-0.2, 0) is 11.3 Å². The Morgan fingerprint density at radius 3 is 3.12 bits per heavy atom. The molecule has 2 rings (SSSR count). The van der Waals surface area contributed by atoms with Crippen LogP contribution in [0.15, 0.2) is 12.3 Å². The number of nitrogens with one attached hydrogen (secondary N) is 1. The van der Waals surface area contributed by atoms with Gasteiger partial charge in [0.1, 0.15) is 12.2 Å². The summed E-state index contributed by atoms with van der Waals surface area (Å²) in [7, 11) is 0. The van der Waals surface area contributed by atoms with Crippen LogP contribution in [0.1, 0.15) is 20.8 Å². The maximum atomic E-state index is 11.6. The minimum absolute atomic E-state index is 0.114. The van der Waals surface area contributed by atoms with E-state index in [0.717, 1.165) is 5.88 Å². The topological polar surface area (TPSA) is 65.4 Å². The highest BCUT2D eigenvalue weighted by molar-refractivity contribution is 5.68. The van der Waals surface area contributed by atoms with Gasteiger partial charge in [-0.2, -0.15) is 5.10 Å². The molecular weight excluding hydrogens is 222 g/mol. The van der Waals surface area contributed by atoms with Crippen molar-refractivity contribution in [3.05, 3.63) is 12.3 Å². The van der Waals surface area contributed by atoms with Crippen LogP contribution in [0.25, 0.3) is 0 Å². The van der Waals surface area contributed by atoms with E-state index in [1.54, 1.807) is 16.9 Å². The van der Waals surface area contributed by atoms with Crippen LogP contribution in [0.2, 0.25) is 0 Å². The molecule has 1 aliphatic heterocycles. The molecule has 0 saturated carbocycles. The molecule has 1 atom stereocenters. The Hall–Kier alpha value is -1.72. The second kappa shape index (κ2) is 4.27. The van der Waals surface area contributed by atoms with Crippen molar-refractivity contribution in [2.75, 3.05) is 6.61 Å². The quantitative estimate of drug-likeness (QED) is 0.799. The van der Waals surface area contributed by atoms with Crippen molar-refractivity contribution in [2.24, 2.45) is 0 Å². The van der Waals surface area contributed by atoms with Gasteiger partial charge in [0.15, 0.2) is 0 Å². The van der Waals surface area contributed by atoms with E-state index in [0.29, 0.717) is 13.2 Å². The van der Waals surface area contributed by atoms with E-state index in [9.17, 15) is 4.79 Å². The van der Waals surface area contributed by atoms with E-state index in [1.807, 2.05) is 20.8 Å². The first kappa shape index (κ1) is 11.8. The number of hydrogen-bond acceptors (Lipinski definition) is 4. The Labute approximate surface area is 99.9 Å². The first-order valence-electron chi connectivity index (χ1n) is 5.58. The molecule has 1 unspecified atom stereocenters. The molecule has 0 saturated heterocycles. The van der Waals surface area contributed by atoms with Gasteiger partial charge in [0.05, 0.1) is 18.8 Å². The molecule has 1 aromatic heterocycles. The maximum Gasteiger partial charge on any atom is 0.408 e. The van der Waals surface area contributed by atoms with Crippen LogP contribution in [0.3, 0.4) is 0 Å². The lowest BCUT2D eigenvalue weighted by molar-refractivity contribution is 0.0461. The van der Waals surface area contributed by atoms with Gasteiger partial charge in [-0.05, 0) is 20.8 Å². The summed E-state index contributed by atoms with van der Waals surface area (Å²) in [6, 6.07) is 1.68. The molecule has 6 heteroatoms. The molecule has 0 fully saturated rings. The van der Waals surface area contributed by atoms with Crippen LogP contribution in [0.4, 0.5) is 4.79 Å². The average Bonchev–Trinajstić information content (AvgIpc) is 2.61. The number of amides is 1. The van der Waals surface area contributed by atoms with Gasteiger partial charge in [0.25, 0.3) is 0 Å². The van der Waals surface area contributed by atoms with Gasteiger partial charge in [-0.3, -0.25) is 0 Å². The lowest BCUT2D eigenvalue weighted by Crippen LogP contribution is -2.46. The molecule has 0 radical (unpaired) electrons. The van der Waals surface area contributed by atoms with Gasteiger partial charge in [-0.1, -0.05) is 0 Å². The zero-order valence-electron chi connectivity index (χ0n) is 10.3. The minimum Gasteiger partial charge on any atom is -0.476 e. The molecule has 1 amide bonds. The number of hydrogen-bond donors (Lipinski definition) is 1. The monoisotopic (exact) mass is 239 g/mol. The van der Waals surface area contributed by atoms with E-state index < -0.39 is 11.7 Å². The molecule has 0 bridgehead atoms. The van der Waals surface area contributed by atoms with Gasteiger partial charge in [-0.15, -0.1) is 0 Å². The lowest BCUT2D eigenvalue weighted by Gasteiger charge is -2.26. The highest BCUT2D eigenvalue weighted by atomic mass is 16.6. The van der Waals surface area contributed by atoms with E-state index in [4.69, 9.17) is 9.47 Å². The number of ether oxygens (including phenoxy) is 2. The summed E-state index contributed by atoms with van der Waals surface area (Å²) in [5, 5.41) is 6.85. The molecule has 6 nitrogen and oxygen atoms in total. The van der Waals surface area contributed by atoms with Crippen LogP contribution < -0.4 is 10.1 Å². The van der Waals surface area contributed by atoms with Gasteiger partial charge < -0.3 is 14.8 Å². The molecule has 94 valence electrons. The van der Waals surface area contributed by atoms with Crippen molar-refractivity contribution in [2.45, 2.75) is 39.0 Å². The number of aromatic nitrogens is 2. The molecule has 1 aliphatic rings. The largest absolute Gasteiger partial charge is 0.476 e. The summed E-state index contributed by atoms with van der Waals surface area (Å²) < 4.78 is 12.3. The van der Waals surface area contributed by atoms with E-state index in [2.05, 4.69) is 10.4 Å². The summed E-state index contributed by atoms with van der Waals surface area (Å²) >= 11 is 0. The Morgan fingerprint density at radius 1 is 1.65 bits per heavy atom. The molecule has 2 heterocycles. The van der Waals surface area contributed by atoms with Gasteiger partial charge in [-0.25, -0.2) is 9.48 Å². The molecule has 0 aliphatic carbocycles. The normalized spacial score (nSPS) is 19.1. The fourth-order valence-electron chi connectivity index (χ4n) is 1.59. The maximum absolute atomic E-state index is 11.6. The van der Waals surface area contributed by atoms with Crippen molar-refractivity contribution in [3.8, 4) is 5.88 Å². The first-order valence-corrected chi connectivity index (χ1v) is 5.58. The minimum atomic E-state index is -0.490. The second-order valence-electron chi connectivity index (χ2n) is 5.01. The van der Waals surface area contributed by atoms with Crippen molar-refractivity contribution in [1.29, 1.82) is 0 Å². The predicted octanol–water partition coefficient (Wildman–Crippen LogP) is 1.17. The highest BCUT2D eigenvalue weighted by Crippen LogP contribution is 2.15. The zero-order chi connectivity index (χ0) is 12.5. The third kappa shape index (κ3) is 3.12. The number of nitrogens with zero attached hydrogens (tertiary/aromatic N) is 2. The number of rotatable bonds is 1. The summed E-state index contributed by atoms with van der Waals surface area (Å²) in [5.74, 6) is 0.729.